The molecule has 0 radical (unpaired) electrons. The molecule has 4 heteroatoms. The van der Waals surface area contributed by atoms with Crippen molar-refractivity contribution in [2.45, 2.75) is 5.33 Å². The normalized spacial score (nSPS) is 8.80. The summed E-state index contributed by atoms with van der Waals surface area (Å²) in [6, 6.07) is 8.01. The minimum Gasteiger partial charge on any atom is -0.207 e. The highest BCUT2D eigenvalue weighted by molar-refractivity contribution is 9.08. The summed E-state index contributed by atoms with van der Waals surface area (Å²) < 4.78 is 13.3. The van der Waals surface area contributed by atoms with Gasteiger partial charge in [0.2, 0.25) is 0 Å². The summed E-state index contributed by atoms with van der Waals surface area (Å²) in [5.41, 5.74) is 0.952. The van der Waals surface area contributed by atoms with E-state index in [-0.39, 0.29) is 11.4 Å². The first-order chi connectivity index (χ1) is 7.22. The van der Waals surface area contributed by atoms with Gasteiger partial charge in [-0.05, 0) is 17.7 Å². The number of benzene rings is 1. The molecule has 0 aliphatic carbocycles. The van der Waals surface area contributed by atoms with Crippen LogP contribution in [0.3, 0.4) is 0 Å². The van der Waals surface area contributed by atoms with Crippen LogP contribution in [0, 0.1) is 28.5 Å². The lowest BCUT2D eigenvalue weighted by molar-refractivity contribution is 0.617. The average molecular weight is 265 g/mol. The van der Waals surface area contributed by atoms with E-state index >= 15 is 0 Å². The van der Waals surface area contributed by atoms with Gasteiger partial charge in [-0.3, -0.25) is 0 Å². The molecule has 0 saturated heterocycles. The second-order valence-electron chi connectivity index (χ2n) is 2.72. The Labute approximate surface area is 95.4 Å². The number of nitriles is 2. The van der Waals surface area contributed by atoms with E-state index in [4.69, 9.17) is 10.5 Å². The number of hydrogen-bond donors (Lipinski definition) is 0. The molecule has 0 amide bonds. The molecule has 0 aliphatic rings. The maximum Gasteiger partial charge on any atom is 0.130 e. The van der Waals surface area contributed by atoms with E-state index in [2.05, 4.69) is 15.9 Å². The van der Waals surface area contributed by atoms with Gasteiger partial charge in [-0.2, -0.15) is 10.5 Å². The topological polar surface area (TPSA) is 47.6 Å². The number of rotatable bonds is 2. The fraction of sp³-hybridized carbons (Fsp3) is 0.0909. The van der Waals surface area contributed by atoms with E-state index < -0.39 is 0 Å². The highest BCUT2D eigenvalue weighted by atomic mass is 79.9. The van der Waals surface area contributed by atoms with Crippen molar-refractivity contribution >= 4 is 22.0 Å². The summed E-state index contributed by atoms with van der Waals surface area (Å²) in [4.78, 5) is 0. The molecule has 15 heavy (non-hydrogen) atoms. The zero-order chi connectivity index (χ0) is 11.3. The molecule has 0 unspecified atom stereocenters. The third-order valence-corrected chi connectivity index (χ3v) is 2.39. The summed E-state index contributed by atoms with van der Waals surface area (Å²) in [6.45, 7) is 0. The van der Waals surface area contributed by atoms with Crippen LogP contribution in [0.5, 0.6) is 0 Å². The van der Waals surface area contributed by atoms with Gasteiger partial charge in [0.15, 0.2) is 0 Å². The molecule has 0 atom stereocenters. The third-order valence-electron chi connectivity index (χ3n) is 1.83. The van der Waals surface area contributed by atoms with Crippen molar-refractivity contribution in [2.24, 2.45) is 0 Å². The minimum absolute atomic E-state index is 0.0391. The first kappa shape index (κ1) is 11.4. The largest absolute Gasteiger partial charge is 0.207 e. The Bertz CT molecular complexity index is 464. The van der Waals surface area contributed by atoms with Gasteiger partial charge in [0.05, 0.1) is 0 Å². The van der Waals surface area contributed by atoms with Gasteiger partial charge in [-0.25, -0.2) is 4.39 Å². The van der Waals surface area contributed by atoms with E-state index in [1.807, 2.05) is 0 Å². The van der Waals surface area contributed by atoms with Gasteiger partial charge in [0.1, 0.15) is 23.5 Å². The van der Waals surface area contributed by atoms with Crippen LogP contribution < -0.4 is 0 Å². The second kappa shape index (κ2) is 5.29. The number of nitrogens with zero attached hydrogens (tertiary/aromatic N) is 2. The summed E-state index contributed by atoms with van der Waals surface area (Å²) in [5.74, 6) is -0.351. The summed E-state index contributed by atoms with van der Waals surface area (Å²) in [7, 11) is 0. The Morgan fingerprint density at radius 2 is 2.07 bits per heavy atom. The van der Waals surface area contributed by atoms with Crippen LogP contribution >= 0.6 is 15.9 Å². The predicted molar refractivity (Wildman–Crippen MR) is 58.2 cm³/mol. The van der Waals surface area contributed by atoms with Crippen LogP contribution in [0.1, 0.15) is 11.1 Å². The first-order valence-electron chi connectivity index (χ1n) is 4.08. The monoisotopic (exact) mass is 264 g/mol. The van der Waals surface area contributed by atoms with Crippen molar-refractivity contribution in [1.82, 2.24) is 0 Å². The maximum absolute atomic E-state index is 13.3. The number of hydrogen-bond acceptors (Lipinski definition) is 2. The predicted octanol–water partition coefficient (Wildman–Crippen LogP) is 3.15. The van der Waals surface area contributed by atoms with Gasteiger partial charge < -0.3 is 0 Å². The van der Waals surface area contributed by atoms with Crippen LogP contribution in [-0.4, -0.2) is 0 Å². The lowest BCUT2D eigenvalue weighted by Gasteiger charge is -2.02. The Hall–Kier alpha value is -1.65. The molecule has 0 spiro atoms. The third kappa shape index (κ3) is 2.65. The van der Waals surface area contributed by atoms with E-state index in [1.165, 1.54) is 12.1 Å². The smallest absolute Gasteiger partial charge is 0.130 e. The molecule has 0 bridgehead atoms. The molecule has 74 valence electrons. The van der Waals surface area contributed by atoms with Gasteiger partial charge in [-0.1, -0.05) is 28.1 Å². The van der Waals surface area contributed by atoms with Gasteiger partial charge >= 0.3 is 0 Å². The molecular weight excluding hydrogens is 259 g/mol. The molecule has 2 nitrogen and oxygen atoms in total. The quantitative estimate of drug-likeness (QED) is 0.609. The van der Waals surface area contributed by atoms with Crippen molar-refractivity contribution in [2.75, 3.05) is 0 Å². The van der Waals surface area contributed by atoms with E-state index in [0.29, 0.717) is 16.5 Å². The van der Waals surface area contributed by atoms with Gasteiger partial charge in [-0.15, -0.1) is 0 Å². The highest BCUT2D eigenvalue weighted by Crippen LogP contribution is 2.19. The summed E-state index contributed by atoms with van der Waals surface area (Å²) >= 11 is 3.16. The van der Waals surface area contributed by atoms with Crippen LogP contribution in [0.4, 0.5) is 4.39 Å². The fourth-order valence-corrected chi connectivity index (χ4v) is 1.69. The molecule has 1 aromatic carbocycles. The van der Waals surface area contributed by atoms with Crippen LogP contribution in [0.25, 0.3) is 6.08 Å². The molecule has 0 fully saturated rings. The average Bonchev–Trinajstić information content (AvgIpc) is 2.26. The molecular formula is C11H6BrFN2. The van der Waals surface area contributed by atoms with Crippen molar-refractivity contribution in [3.8, 4) is 12.1 Å². The molecule has 0 aliphatic heterocycles. The fourth-order valence-electron chi connectivity index (χ4n) is 1.10. The standard InChI is InChI=1S/C11H6BrFN2/c12-5-10-9(2-1-3-11(10)13)4-8(6-14)7-15/h1-4H,5H2. The zero-order valence-electron chi connectivity index (χ0n) is 7.67. The number of halogens is 2. The molecule has 0 heterocycles. The van der Waals surface area contributed by atoms with Gasteiger partial charge in [0, 0.05) is 10.9 Å². The van der Waals surface area contributed by atoms with Gasteiger partial charge in [0.25, 0.3) is 0 Å². The SMILES string of the molecule is N#CC(C#N)=Cc1cccc(F)c1CBr. The van der Waals surface area contributed by atoms with Crippen molar-refractivity contribution in [1.29, 1.82) is 10.5 Å². The summed E-state index contributed by atoms with van der Waals surface area (Å²) in [5, 5.41) is 17.5. The van der Waals surface area contributed by atoms with Crippen LogP contribution in [0.2, 0.25) is 0 Å². The lowest BCUT2D eigenvalue weighted by atomic mass is 10.1. The number of alkyl halides is 1. The van der Waals surface area contributed by atoms with Crippen molar-refractivity contribution in [3.05, 3.63) is 40.7 Å². The number of allylic oxidation sites excluding steroid dienone is 1. The van der Waals surface area contributed by atoms with Crippen LogP contribution in [0.15, 0.2) is 23.8 Å². The molecule has 0 N–H and O–H groups in total. The first-order valence-corrected chi connectivity index (χ1v) is 5.20. The van der Waals surface area contributed by atoms with Crippen molar-refractivity contribution in [3.63, 3.8) is 0 Å². The Morgan fingerprint density at radius 3 is 2.60 bits per heavy atom. The van der Waals surface area contributed by atoms with E-state index in [1.54, 1.807) is 24.3 Å². The van der Waals surface area contributed by atoms with E-state index in [9.17, 15) is 4.39 Å². The highest BCUT2D eigenvalue weighted by Gasteiger charge is 2.05. The molecule has 1 rings (SSSR count). The van der Waals surface area contributed by atoms with Crippen molar-refractivity contribution < 1.29 is 4.39 Å². The van der Waals surface area contributed by atoms with E-state index in [0.717, 1.165) is 0 Å². The maximum atomic E-state index is 13.3. The molecule has 1 aromatic rings. The van der Waals surface area contributed by atoms with Crippen LogP contribution in [-0.2, 0) is 5.33 Å². The Balaban J connectivity index is 3.29. The lowest BCUT2D eigenvalue weighted by Crippen LogP contribution is -1.90. The minimum atomic E-state index is -0.351. The Kier molecular flexibility index (Phi) is 4.03. The summed E-state index contributed by atoms with van der Waals surface area (Å²) in [6.07, 6.45) is 1.37. The molecule has 0 saturated carbocycles. The second-order valence-corrected chi connectivity index (χ2v) is 3.28. The molecule has 0 aromatic heterocycles. The Morgan fingerprint density at radius 1 is 1.40 bits per heavy atom. The zero-order valence-corrected chi connectivity index (χ0v) is 9.25.